The van der Waals surface area contributed by atoms with Crippen molar-refractivity contribution in [3.63, 3.8) is 0 Å². The molecule has 3 aromatic carbocycles. The average Bonchev–Trinajstić information content (AvgIpc) is 3.19. The maximum atomic E-state index is 12.2. The summed E-state index contributed by atoms with van der Waals surface area (Å²) in [7, 11) is 1.70. The van der Waals surface area contributed by atoms with Gasteiger partial charge < -0.3 is 19.7 Å². The number of hydrogen-bond acceptors (Lipinski definition) is 6. The maximum absolute atomic E-state index is 12.2. The minimum absolute atomic E-state index is 0.268. The summed E-state index contributed by atoms with van der Waals surface area (Å²) < 4.78 is 10.8. The van der Waals surface area contributed by atoms with Gasteiger partial charge in [-0.25, -0.2) is 4.79 Å². The Morgan fingerprint density at radius 1 is 0.939 bits per heavy atom. The molecule has 1 saturated heterocycles. The Kier molecular flexibility index (Phi) is 6.17. The van der Waals surface area contributed by atoms with Crippen LogP contribution >= 0.6 is 0 Å². The molecule has 1 unspecified atom stereocenters. The summed E-state index contributed by atoms with van der Waals surface area (Å²) in [5, 5.41) is 3.44. The van der Waals surface area contributed by atoms with Crippen molar-refractivity contribution in [3.8, 4) is 5.75 Å². The van der Waals surface area contributed by atoms with Crippen LogP contribution in [0.5, 0.6) is 5.75 Å². The lowest BCUT2D eigenvalue weighted by Gasteiger charge is -2.36. The molecule has 0 amide bonds. The summed E-state index contributed by atoms with van der Waals surface area (Å²) in [6.45, 7) is 5.10. The van der Waals surface area contributed by atoms with Crippen molar-refractivity contribution in [2.24, 2.45) is 0 Å². The fourth-order valence-electron chi connectivity index (χ4n) is 4.57. The van der Waals surface area contributed by atoms with Gasteiger partial charge in [0.2, 0.25) is 6.23 Å². The zero-order chi connectivity index (χ0) is 22.6. The number of carbonyl (C=O) groups is 1. The first-order valence-electron chi connectivity index (χ1n) is 11.5. The molecule has 2 heterocycles. The van der Waals surface area contributed by atoms with Crippen LogP contribution in [-0.2, 0) is 11.2 Å². The van der Waals surface area contributed by atoms with E-state index < -0.39 is 6.23 Å². The molecule has 0 spiro atoms. The van der Waals surface area contributed by atoms with Gasteiger partial charge in [-0.15, -0.1) is 0 Å². The number of hydrogen-bond donors (Lipinski definition) is 1. The Labute approximate surface area is 194 Å². The molecule has 3 aromatic rings. The van der Waals surface area contributed by atoms with E-state index in [4.69, 9.17) is 9.47 Å². The molecule has 5 rings (SSSR count). The van der Waals surface area contributed by atoms with E-state index in [9.17, 15) is 4.79 Å². The monoisotopic (exact) mass is 443 g/mol. The number of nitrogens with zero attached hydrogens (tertiary/aromatic N) is 2. The Morgan fingerprint density at radius 2 is 1.67 bits per heavy atom. The first kappa shape index (κ1) is 21.3. The third kappa shape index (κ3) is 4.66. The van der Waals surface area contributed by atoms with Crippen LogP contribution < -0.4 is 15.0 Å². The number of para-hydroxylation sites is 1. The minimum Gasteiger partial charge on any atom is -0.497 e. The number of fused-ring (bicyclic) bond motifs is 1. The topological polar surface area (TPSA) is 54.0 Å². The number of nitrogens with one attached hydrogen (secondary N) is 1. The van der Waals surface area contributed by atoms with E-state index in [2.05, 4.69) is 45.4 Å². The molecule has 6 heteroatoms. The largest absolute Gasteiger partial charge is 0.497 e. The second-order valence-corrected chi connectivity index (χ2v) is 8.45. The number of rotatable bonds is 7. The minimum atomic E-state index is -0.442. The third-order valence-corrected chi connectivity index (χ3v) is 6.50. The van der Waals surface area contributed by atoms with Crippen molar-refractivity contribution in [1.82, 2.24) is 4.90 Å². The average molecular weight is 444 g/mol. The standard InChI is InChI=1S/C27H29N3O3/c1-32-22-12-10-21(11-13-22)30-18-16-29(17-19-30)15-14-20-6-2-5-9-25(20)28-26-23-7-3-4-8-24(23)27(31)33-26/h2-13,26,28H,14-19H2,1H3. The van der Waals surface area contributed by atoms with Crippen LogP contribution in [0.25, 0.3) is 0 Å². The Hall–Kier alpha value is -3.51. The molecule has 170 valence electrons. The Balaban J connectivity index is 1.17. The highest BCUT2D eigenvalue weighted by atomic mass is 16.6. The highest BCUT2D eigenvalue weighted by Gasteiger charge is 2.30. The van der Waals surface area contributed by atoms with Gasteiger partial charge in [0, 0.05) is 49.7 Å². The fourth-order valence-corrected chi connectivity index (χ4v) is 4.57. The molecule has 2 aliphatic heterocycles. The number of piperazine rings is 1. The van der Waals surface area contributed by atoms with Gasteiger partial charge in [-0.1, -0.05) is 36.4 Å². The van der Waals surface area contributed by atoms with Crippen LogP contribution in [0.2, 0.25) is 0 Å². The van der Waals surface area contributed by atoms with E-state index in [0.717, 1.165) is 56.1 Å². The van der Waals surface area contributed by atoms with Gasteiger partial charge in [-0.05, 0) is 48.4 Å². The zero-order valence-electron chi connectivity index (χ0n) is 18.9. The van der Waals surface area contributed by atoms with Crippen LogP contribution in [0.3, 0.4) is 0 Å². The van der Waals surface area contributed by atoms with Crippen molar-refractivity contribution in [2.45, 2.75) is 12.6 Å². The van der Waals surface area contributed by atoms with E-state index in [0.29, 0.717) is 5.56 Å². The van der Waals surface area contributed by atoms with Crippen LogP contribution in [-0.4, -0.2) is 50.7 Å². The SMILES string of the molecule is COc1ccc(N2CCN(CCc3ccccc3NC3OC(=O)c4ccccc43)CC2)cc1. The molecular weight excluding hydrogens is 414 g/mol. The smallest absolute Gasteiger partial charge is 0.340 e. The van der Waals surface area contributed by atoms with Gasteiger partial charge in [0.1, 0.15) is 5.75 Å². The second-order valence-electron chi connectivity index (χ2n) is 8.45. The van der Waals surface area contributed by atoms with Crippen molar-refractivity contribution < 1.29 is 14.3 Å². The predicted octanol–water partition coefficient (Wildman–Crippen LogP) is 4.34. The molecule has 6 nitrogen and oxygen atoms in total. The molecule has 0 radical (unpaired) electrons. The van der Waals surface area contributed by atoms with Crippen LogP contribution in [0, 0.1) is 0 Å². The first-order valence-corrected chi connectivity index (χ1v) is 11.5. The summed E-state index contributed by atoms with van der Waals surface area (Å²) >= 11 is 0. The van der Waals surface area contributed by atoms with Crippen molar-refractivity contribution in [2.75, 3.05) is 50.1 Å². The van der Waals surface area contributed by atoms with Gasteiger partial charge in [-0.3, -0.25) is 4.90 Å². The predicted molar refractivity (Wildman–Crippen MR) is 130 cm³/mol. The van der Waals surface area contributed by atoms with Gasteiger partial charge in [0.25, 0.3) is 0 Å². The van der Waals surface area contributed by atoms with Crippen molar-refractivity contribution in [1.29, 1.82) is 0 Å². The fraction of sp³-hybridized carbons (Fsp3) is 0.296. The number of ether oxygens (including phenoxy) is 2. The van der Waals surface area contributed by atoms with Gasteiger partial charge in [-0.2, -0.15) is 0 Å². The summed E-state index contributed by atoms with van der Waals surface area (Å²) in [4.78, 5) is 17.1. The summed E-state index contributed by atoms with van der Waals surface area (Å²) in [6, 6.07) is 24.2. The molecule has 1 N–H and O–H groups in total. The lowest BCUT2D eigenvalue weighted by molar-refractivity contribution is 0.0437. The van der Waals surface area contributed by atoms with Crippen LogP contribution in [0.1, 0.15) is 27.7 Å². The highest BCUT2D eigenvalue weighted by Crippen LogP contribution is 2.32. The molecule has 2 aliphatic rings. The van der Waals surface area contributed by atoms with Gasteiger partial charge >= 0.3 is 5.97 Å². The molecule has 1 fully saturated rings. The molecular formula is C27H29N3O3. The Bertz CT molecular complexity index is 1110. The molecule has 1 atom stereocenters. The third-order valence-electron chi connectivity index (χ3n) is 6.50. The second kappa shape index (κ2) is 9.55. The van der Waals surface area contributed by atoms with Crippen molar-refractivity contribution >= 4 is 17.3 Å². The van der Waals surface area contributed by atoms with E-state index in [1.54, 1.807) is 7.11 Å². The molecule has 0 aliphatic carbocycles. The van der Waals surface area contributed by atoms with Crippen LogP contribution in [0.15, 0.2) is 72.8 Å². The number of anilines is 2. The van der Waals surface area contributed by atoms with Gasteiger partial charge in [0.15, 0.2) is 0 Å². The number of carbonyl (C=O) groups excluding carboxylic acids is 1. The van der Waals surface area contributed by atoms with Gasteiger partial charge in [0.05, 0.1) is 12.7 Å². The normalized spacial score (nSPS) is 18.0. The summed E-state index contributed by atoms with van der Waals surface area (Å²) in [5.74, 6) is 0.621. The quantitative estimate of drug-likeness (QED) is 0.548. The number of methoxy groups -OCH3 is 1. The molecule has 0 aromatic heterocycles. The Morgan fingerprint density at radius 3 is 2.45 bits per heavy atom. The number of cyclic esters (lactones) is 1. The van der Waals surface area contributed by atoms with E-state index in [-0.39, 0.29) is 5.97 Å². The zero-order valence-corrected chi connectivity index (χ0v) is 18.9. The van der Waals surface area contributed by atoms with E-state index in [1.165, 1.54) is 11.3 Å². The lowest BCUT2D eigenvalue weighted by atomic mass is 10.1. The first-order chi connectivity index (χ1) is 16.2. The number of esters is 1. The highest BCUT2D eigenvalue weighted by molar-refractivity contribution is 5.94. The van der Waals surface area contributed by atoms with Crippen LogP contribution in [0.4, 0.5) is 11.4 Å². The summed E-state index contributed by atoms with van der Waals surface area (Å²) in [6.07, 6.45) is 0.497. The van der Waals surface area contributed by atoms with E-state index >= 15 is 0 Å². The summed E-state index contributed by atoms with van der Waals surface area (Å²) in [5.41, 5.74) is 5.03. The van der Waals surface area contributed by atoms with E-state index in [1.807, 2.05) is 42.5 Å². The maximum Gasteiger partial charge on any atom is 0.340 e. The lowest BCUT2D eigenvalue weighted by Crippen LogP contribution is -2.47. The molecule has 0 bridgehead atoms. The number of benzene rings is 3. The molecule has 0 saturated carbocycles. The van der Waals surface area contributed by atoms with Crippen molar-refractivity contribution in [3.05, 3.63) is 89.5 Å². The molecule has 33 heavy (non-hydrogen) atoms.